The van der Waals surface area contributed by atoms with Gasteiger partial charge in [-0.3, -0.25) is 14.8 Å². The predicted octanol–water partition coefficient (Wildman–Crippen LogP) is 1.45. The molecule has 1 aliphatic heterocycles. The van der Waals surface area contributed by atoms with Gasteiger partial charge in [-0.05, 0) is 50.5 Å². The van der Waals surface area contributed by atoms with E-state index >= 15 is 0 Å². The lowest BCUT2D eigenvalue weighted by molar-refractivity contribution is 0.239. The van der Waals surface area contributed by atoms with Crippen molar-refractivity contribution in [1.29, 1.82) is 0 Å². The number of aromatic nitrogens is 2. The second-order valence-corrected chi connectivity index (χ2v) is 6.19. The number of benzene rings is 1. The summed E-state index contributed by atoms with van der Waals surface area (Å²) >= 11 is 0. The van der Waals surface area contributed by atoms with Gasteiger partial charge in [0.25, 0.3) is 5.56 Å². The third kappa shape index (κ3) is 3.49. The van der Waals surface area contributed by atoms with E-state index < -0.39 is 17.1 Å². The van der Waals surface area contributed by atoms with Crippen molar-refractivity contribution < 1.29 is 9.84 Å². The lowest BCUT2D eigenvalue weighted by Crippen LogP contribution is -2.34. The van der Waals surface area contributed by atoms with Crippen LogP contribution in [-0.4, -0.2) is 45.6 Å². The summed E-state index contributed by atoms with van der Waals surface area (Å²) in [5.74, 6) is 0.191. The highest BCUT2D eigenvalue weighted by molar-refractivity contribution is 6.00. The zero-order valence-corrected chi connectivity index (χ0v) is 14.9. The first kappa shape index (κ1) is 17.8. The number of piperidine rings is 1. The molecule has 2 aromatic rings. The summed E-state index contributed by atoms with van der Waals surface area (Å²) in [4.78, 5) is 26.8. The lowest BCUT2D eigenvalue weighted by atomic mass is 10.1. The van der Waals surface area contributed by atoms with Crippen molar-refractivity contribution in [3.05, 3.63) is 50.7 Å². The van der Waals surface area contributed by atoms with Crippen LogP contribution in [0.2, 0.25) is 0 Å². The summed E-state index contributed by atoms with van der Waals surface area (Å²) in [6, 6.07) is 6.58. The molecule has 0 amide bonds. The van der Waals surface area contributed by atoms with Crippen molar-refractivity contribution in [3.8, 4) is 17.3 Å². The van der Waals surface area contributed by atoms with Crippen LogP contribution >= 0.6 is 0 Å². The molecule has 138 valence electrons. The van der Waals surface area contributed by atoms with Crippen LogP contribution in [0, 0.1) is 0 Å². The first-order valence-electron chi connectivity index (χ1n) is 8.54. The van der Waals surface area contributed by atoms with Crippen molar-refractivity contribution in [2.24, 2.45) is 5.10 Å². The molecule has 26 heavy (non-hydrogen) atoms. The Morgan fingerprint density at radius 2 is 1.81 bits per heavy atom. The summed E-state index contributed by atoms with van der Waals surface area (Å²) in [5, 5.41) is 17.0. The van der Waals surface area contributed by atoms with E-state index in [-0.39, 0.29) is 5.56 Å². The molecule has 0 unspecified atom stereocenters. The van der Waals surface area contributed by atoms with E-state index in [1.54, 1.807) is 31.2 Å². The molecule has 0 radical (unpaired) electrons. The third-order valence-electron chi connectivity index (χ3n) is 4.40. The quantitative estimate of drug-likeness (QED) is 0.806. The van der Waals surface area contributed by atoms with Crippen molar-refractivity contribution in [2.75, 3.05) is 20.2 Å². The van der Waals surface area contributed by atoms with Gasteiger partial charge >= 0.3 is 5.69 Å². The van der Waals surface area contributed by atoms with Crippen molar-refractivity contribution in [2.45, 2.75) is 26.2 Å². The number of nitrogens with one attached hydrogen (secondary N) is 1. The fourth-order valence-electron chi connectivity index (χ4n) is 3.06. The van der Waals surface area contributed by atoms with Gasteiger partial charge < -0.3 is 9.84 Å². The van der Waals surface area contributed by atoms with Crippen LogP contribution in [0.5, 0.6) is 11.6 Å². The Labute approximate surface area is 150 Å². The van der Waals surface area contributed by atoms with Crippen LogP contribution in [0.4, 0.5) is 0 Å². The average molecular weight is 358 g/mol. The molecule has 0 spiro atoms. The normalized spacial score (nSPS) is 15.2. The van der Waals surface area contributed by atoms with E-state index in [0.29, 0.717) is 17.1 Å². The number of ether oxygens (including phenoxy) is 1. The minimum atomic E-state index is -0.716. The molecule has 1 aromatic heterocycles. The highest BCUT2D eigenvalue weighted by Crippen LogP contribution is 2.20. The first-order valence-corrected chi connectivity index (χ1v) is 8.54. The molecule has 2 N–H and O–H groups in total. The number of hydrogen-bond donors (Lipinski definition) is 2. The minimum absolute atomic E-state index is 0.00834. The van der Waals surface area contributed by atoms with Crippen LogP contribution in [0.1, 0.15) is 31.7 Å². The molecule has 0 saturated carbocycles. The van der Waals surface area contributed by atoms with Gasteiger partial charge in [-0.25, -0.2) is 9.36 Å². The average Bonchev–Trinajstić information content (AvgIpc) is 2.62. The molecule has 0 aliphatic carbocycles. The van der Waals surface area contributed by atoms with Gasteiger partial charge in [0, 0.05) is 13.1 Å². The molecule has 3 rings (SSSR count). The van der Waals surface area contributed by atoms with E-state index in [9.17, 15) is 14.7 Å². The maximum atomic E-state index is 12.3. The molecule has 1 saturated heterocycles. The van der Waals surface area contributed by atoms with Gasteiger partial charge in [0.05, 0.1) is 18.5 Å². The number of methoxy groups -OCH3 is 1. The van der Waals surface area contributed by atoms with Gasteiger partial charge in [0.2, 0.25) is 5.88 Å². The number of aromatic hydroxyl groups is 1. The summed E-state index contributed by atoms with van der Waals surface area (Å²) in [7, 11) is 1.54. The maximum Gasteiger partial charge on any atom is 0.335 e. The molecule has 1 aromatic carbocycles. The minimum Gasteiger partial charge on any atom is -0.497 e. The zero-order chi connectivity index (χ0) is 18.7. The highest BCUT2D eigenvalue weighted by atomic mass is 16.5. The number of hydrazone groups is 1. The lowest BCUT2D eigenvalue weighted by Gasteiger charge is -2.24. The number of nitrogens with zero attached hydrogens (tertiary/aromatic N) is 3. The number of rotatable bonds is 4. The van der Waals surface area contributed by atoms with Crippen molar-refractivity contribution >= 4 is 5.71 Å². The van der Waals surface area contributed by atoms with Gasteiger partial charge in [-0.15, -0.1) is 0 Å². The molecular weight excluding hydrogens is 336 g/mol. The topological polar surface area (TPSA) is 99.9 Å². The highest BCUT2D eigenvalue weighted by Gasteiger charge is 2.19. The number of hydrogen-bond acceptors (Lipinski definition) is 6. The smallest absolute Gasteiger partial charge is 0.335 e. The monoisotopic (exact) mass is 358 g/mol. The molecule has 0 atom stereocenters. The largest absolute Gasteiger partial charge is 0.497 e. The molecule has 1 aliphatic rings. The SMILES string of the molecule is COc1ccc(-n2c(O)c(C(C)=NN3CCCCC3)c(=O)[nH]c2=O)cc1. The summed E-state index contributed by atoms with van der Waals surface area (Å²) in [5.41, 5.74) is -0.599. The first-order chi connectivity index (χ1) is 12.5. The van der Waals surface area contributed by atoms with Gasteiger partial charge in [0.15, 0.2) is 0 Å². The van der Waals surface area contributed by atoms with Crippen LogP contribution in [-0.2, 0) is 0 Å². The molecule has 8 heteroatoms. The fraction of sp³-hybridized carbons (Fsp3) is 0.389. The van der Waals surface area contributed by atoms with Crippen molar-refractivity contribution in [1.82, 2.24) is 14.6 Å². The summed E-state index contributed by atoms with van der Waals surface area (Å²) < 4.78 is 6.15. The second-order valence-electron chi connectivity index (χ2n) is 6.19. The van der Waals surface area contributed by atoms with Gasteiger partial charge in [-0.1, -0.05) is 0 Å². The van der Waals surface area contributed by atoms with E-state index in [1.165, 1.54) is 13.5 Å². The zero-order valence-electron chi connectivity index (χ0n) is 14.9. The Morgan fingerprint density at radius 3 is 2.42 bits per heavy atom. The standard InChI is InChI=1S/C18H22N4O4/c1-12(20-21-10-4-3-5-11-21)15-16(23)19-18(25)22(17(15)24)13-6-8-14(26-2)9-7-13/h6-9,24H,3-5,10-11H2,1-2H3,(H,19,23,25). The number of aromatic amines is 1. The second kappa shape index (κ2) is 7.47. The maximum absolute atomic E-state index is 12.3. The van der Waals surface area contributed by atoms with Gasteiger partial charge in [0.1, 0.15) is 11.3 Å². The molecule has 1 fully saturated rings. The Morgan fingerprint density at radius 1 is 1.15 bits per heavy atom. The summed E-state index contributed by atoms with van der Waals surface area (Å²) in [6.45, 7) is 3.28. The predicted molar refractivity (Wildman–Crippen MR) is 98.5 cm³/mol. The number of H-pyrrole nitrogens is 1. The van der Waals surface area contributed by atoms with Crippen LogP contribution in [0.3, 0.4) is 0 Å². The van der Waals surface area contributed by atoms with E-state index in [0.717, 1.165) is 30.5 Å². The van der Waals surface area contributed by atoms with E-state index in [2.05, 4.69) is 10.1 Å². The Bertz CT molecular complexity index is 922. The van der Waals surface area contributed by atoms with Gasteiger partial charge in [-0.2, -0.15) is 5.10 Å². The molecular formula is C18H22N4O4. The van der Waals surface area contributed by atoms with E-state index in [4.69, 9.17) is 4.74 Å². The third-order valence-corrected chi connectivity index (χ3v) is 4.40. The van der Waals surface area contributed by atoms with Crippen molar-refractivity contribution in [3.63, 3.8) is 0 Å². The molecule has 0 bridgehead atoms. The Hall–Kier alpha value is -3.03. The Kier molecular flexibility index (Phi) is 5.11. The fourth-order valence-corrected chi connectivity index (χ4v) is 3.06. The Balaban J connectivity index is 2.07. The van der Waals surface area contributed by atoms with E-state index in [1.807, 2.05) is 5.01 Å². The van der Waals surface area contributed by atoms with Crippen LogP contribution in [0.15, 0.2) is 39.0 Å². The summed E-state index contributed by atoms with van der Waals surface area (Å²) in [6.07, 6.45) is 3.26. The van der Waals surface area contributed by atoms with Crippen LogP contribution in [0.25, 0.3) is 5.69 Å². The van der Waals surface area contributed by atoms with Crippen LogP contribution < -0.4 is 16.0 Å². The molecule has 8 nitrogen and oxygen atoms in total. The molecule has 2 heterocycles.